The Morgan fingerprint density at radius 1 is 0.828 bits per heavy atom. The Balaban J connectivity index is 1.98. The van der Waals surface area contributed by atoms with Crippen LogP contribution in [0.2, 0.25) is 0 Å². The van der Waals surface area contributed by atoms with Crippen molar-refractivity contribution in [3.63, 3.8) is 0 Å². The lowest BCUT2D eigenvalue weighted by molar-refractivity contribution is -0.137. The van der Waals surface area contributed by atoms with E-state index in [-0.39, 0.29) is 0 Å². The predicted molar refractivity (Wildman–Crippen MR) is 115 cm³/mol. The zero-order chi connectivity index (χ0) is 20.6. The van der Waals surface area contributed by atoms with Crippen molar-refractivity contribution in [3.05, 3.63) is 82.9 Å². The normalized spacial score (nSPS) is 11.7. The number of alkyl halides is 3. The van der Waals surface area contributed by atoms with Crippen LogP contribution in [0.15, 0.2) is 82.1 Å². The molecule has 0 fully saturated rings. The van der Waals surface area contributed by atoms with Crippen molar-refractivity contribution in [1.29, 1.82) is 0 Å². The highest BCUT2D eigenvalue weighted by molar-refractivity contribution is 7.98. The fourth-order valence-corrected chi connectivity index (χ4v) is 3.96. The van der Waals surface area contributed by atoms with Crippen LogP contribution in [0.25, 0.3) is 33.4 Å². The summed E-state index contributed by atoms with van der Waals surface area (Å²) in [6.45, 7) is 0. The van der Waals surface area contributed by atoms with Gasteiger partial charge in [0.1, 0.15) is 11.3 Å². The lowest BCUT2D eigenvalue weighted by Gasteiger charge is -2.13. The van der Waals surface area contributed by atoms with Gasteiger partial charge in [-0.05, 0) is 48.2 Å². The Labute approximate surface area is 175 Å². The Bertz CT molecular complexity index is 1220. The first-order valence-electron chi connectivity index (χ1n) is 8.76. The number of para-hydroxylation sites is 1. The molecule has 146 valence electrons. The molecule has 0 saturated carbocycles. The molecule has 0 radical (unpaired) electrons. The summed E-state index contributed by atoms with van der Waals surface area (Å²) >= 11 is 7.36. The fourth-order valence-electron chi connectivity index (χ4n) is 3.18. The Morgan fingerprint density at radius 2 is 1.45 bits per heavy atom. The van der Waals surface area contributed by atoms with E-state index >= 15 is 0 Å². The minimum Gasteiger partial charge on any atom is -0.455 e. The van der Waals surface area contributed by atoms with Crippen LogP contribution in [-0.4, -0.2) is 6.26 Å². The second-order valence-corrected chi connectivity index (χ2v) is 7.72. The van der Waals surface area contributed by atoms with Crippen LogP contribution in [-0.2, 0) is 6.18 Å². The van der Waals surface area contributed by atoms with Gasteiger partial charge in [0.2, 0.25) is 0 Å². The maximum Gasteiger partial charge on any atom is 0.416 e. The maximum atomic E-state index is 13.0. The van der Waals surface area contributed by atoms with E-state index in [9.17, 15) is 13.2 Å². The summed E-state index contributed by atoms with van der Waals surface area (Å²) in [5.41, 5.74) is 1.95. The minimum atomic E-state index is -4.39. The minimum absolute atomic E-state index is 0.543. The summed E-state index contributed by atoms with van der Waals surface area (Å²) in [5, 5.41) is 0.752. The van der Waals surface area contributed by atoms with Crippen molar-refractivity contribution in [2.75, 3.05) is 6.26 Å². The highest BCUT2D eigenvalue weighted by Gasteiger charge is 2.30. The third-order valence-electron chi connectivity index (χ3n) is 4.65. The van der Waals surface area contributed by atoms with Crippen LogP contribution in [0.1, 0.15) is 5.56 Å². The molecule has 4 rings (SSSR count). The number of thioether (sulfide) groups is 1. The summed E-state index contributed by atoms with van der Waals surface area (Å²) < 4.78 is 45.7. The van der Waals surface area contributed by atoms with Gasteiger partial charge in [-0.1, -0.05) is 48.6 Å². The second-order valence-electron chi connectivity index (χ2n) is 6.44. The standard InChI is InChI=1S/C23H15F3OS2/c1-29-17-12-8-15(9-13-17)21-20(14-6-10-16(11-7-14)23(24,25)26)22(28)18-4-2-3-5-19(18)27-21/h2-13H,1H3. The number of fused-ring (bicyclic) bond motifs is 1. The van der Waals surface area contributed by atoms with Gasteiger partial charge in [0.05, 0.1) is 10.1 Å². The maximum absolute atomic E-state index is 13.0. The van der Waals surface area contributed by atoms with Crippen LogP contribution in [0.5, 0.6) is 0 Å². The molecule has 6 heteroatoms. The fraction of sp³-hybridized carbons (Fsp3) is 0.0870. The van der Waals surface area contributed by atoms with Crippen LogP contribution in [0.3, 0.4) is 0 Å². The molecule has 0 saturated heterocycles. The summed E-state index contributed by atoms with van der Waals surface area (Å²) in [4.78, 5) is 1.10. The molecule has 0 spiro atoms. The topological polar surface area (TPSA) is 13.1 Å². The first-order valence-corrected chi connectivity index (χ1v) is 10.4. The summed E-state index contributed by atoms with van der Waals surface area (Å²) in [5.74, 6) is 0.543. The van der Waals surface area contributed by atoms with Gasteiger partial charge in [-0.25, -0.2) is 0 Å². The third-order valence-corrected chi connectivity index (χ3v) is 5.82. The Kier molecular flexibility index (Phi) is 5.23. The van der Waals surface area contributed by atoms with Gasteiger partial charge >= 0.3 is 6.18 Å². The van der Waals surface area contributed by atoms with Crippen molar-refractivity contribution in [2.45, 2.75) is 11.1 Å². The Morgan fingerprint density at radius 3 is 2.07 bits per heavy atom. The molecule has 0 aliphatic heterocycles. The van der Waals surface area contributed by atoms with Gasteiger partial charge in [-0.2, -0.15) is 13.2 Å². The molecule has 4 aromatic rings. The number of benzene rings is 3. The molecule has 1 aromatic heterocycles. The molecule has 0 amide bonds. The summed E-state index contributed by atoms with van der Waals surface area (Å²) in [6, 6.07) is 20.3. The van der Waals surface area contributed by atoms with Gasteiger partial charge in [-0.3, -0.25) is 0 Å². The smallest absolute Gasteiger partial charge is 0.416 e. The van der Waals surface area contributed by atoms with Crippen LogP contribution in [0.4, 0.5) is 13.2 Å². The highest BCUT2D eigenvalue weighted by atomic mass is 32.2. The average molecular weight is 429 g/mol. The Hall–Kier alpha value is -2.57. The van der Waals surface area contributed by atoms with Crippen LogP contribution < -0.4 is 0 Å². The lowest BCUT2D eigenvalue weighted by atomic mass is 9.98. The molecular weight excluding hydrogens is 413 g/mol. The molecule has 0 atom stereocenters. The molecule has 0 aliphatic rings. The number of hydrogen-bond acceptors (Lipinski definition) is 3. The van der Waals surface area contributed by atoms with Crippen molar-refractivity contribution in [2.24, 2.45) is 0 Å². The first-order chi connectivity index (χ1) is 13.9. The van der Waals surface area contributed by atoms with E-state index in [0.29, 0.717) is 27.0 Å². The van der Waals surface area contributed by atoms with E-state index < -0.39 is 11.7 Å². The van der Waals surface area contributed by atoms with Gasteiger partial charge < -0.3 is 4.42 Å². The number of halogens is 3. The zero-order valence-corrected chi connectivity index (χ0v) is 16.9. The quantitative estimate of drug-likeness (QED) is 0.241. The molecule has 0 bridgehead atoms. The van der Waals surface area contributed by atoms with E-state index in [1.165, 1.54) is 12.1 Å². The average Bonchev–Trinajstić information content (AvgIpc) is 2.73. The van der Waals surface area contributed by atoms with E-state index in [1.807, 2.05) is 54.8 Å². The van der Waals surface area contributed by atoms with Crippen LogP contribution in [0, 0.1) is 4.51 Å². The number of rotatable bonds is 3. The molecule has 29 heavy (non-hydrogen) atoms. The molecule has 1 nitrogen and oxygen atoms in total. The molecule has 3 aromatic carbocycles. The summed E-state index contributed by atoms with van der Waals surface area (Å²) in [7, 11) is 0. The third kappa shape index (κ3) is 3.82. The lowest BCUT2D eigenvalue weighted by Crippen LogP contribution is -2.04. The van der Waals surface area contributed by atoms with Gasteiger partial charge in [0.25, 0.3) is 0 Å². The molecule has 0 aliphatic carbocycles. The van der Waals surface area contributed by atoms with Gasteiger partial charge in [0, 0.05) is 21.4 Å². The largest absolute Gasteiger partial charge is 0.455 e. The van der Waals surface area contributed by atoms with Crippen molar-refractivity contribution >= 4 is 34.9 Å². The monoisotopic (exact) mass is 428 g/mol. The van der Waals surface area contributed by atoms with Crippen molar-refractivity contribution in [1.82, 2.24) is 0 Å². The molecule has 0 N–H and O–H groups in total. The first kappa shape index (κ1) is 19.7. The number of hydrogen-bond donors (Lipinski definition) is 0. The van der Waals surface area contributed by atoms with Gasteiger partial charge in [0.15, 0.2) is 0 Å². The van der Waals surface area contributed by atoms with Gasteiger partial charge in [-0.15, -0.1) is 11.8 Å². The van der Waals surface area contributed by atoms with E-state index in [2.05, 4.69) is 0 Å². The molecule has 1 heterocycles. The van der Waals surface area contributed by atoms with E-state index in [0.717, 1.165) is 28.0 Å². The van der Waals surface area contributed by atoms with Crippen LogP contribution >= 0.6 is 24.0 Å². The summed E-state index contributed by atoms with van der Waals surface area (Å²) in [6.07, 6.45) is -2.40. The van der Waals surface area contributed by atoms with Crippen molar-refractivity contribution in [3.8, 4) is 22.5 Å². The zero-order valence-electron chi connectivity index (χ0n) is 15.3. The highest BCUT2D eigenvalue weighted by Crippen LogP contribution is 2.39. The SMILES string of the molecule is CSc1ccc(-c2oc3ccccc3c(=S)c2-c2ccc(C(F)(F)F)cc2)cc1. The van der Waals surface area contributed by atoms with E-state index in [4.69, 9.17) is 16.6 Å². The molecular formula is C23H15F3OS2. The molecule has 0 unspecified atom stereocenters. The van der Waals surface area contributed by atoms with Crippen molar-refractivity contribution < 1.29 is 17.6 Å². The van der Waals surface area contributed by atoms with E-state index in [1.54, 1.807) is 11.8 Å². The predicted octanol–water partition coefficient (Wildman–Crippen LogP) is 8.24. The second kappa shape index (κ2) is 7.69.